The maximum Gasteiger partial charge on any atom is 0.158 e. The van der Waals surface area contributed by atoms with E-state index in [4.69, 9.17) is 0 Å². The van der Waals surface area contributed by atoms with Crippen LogP contribution in [0.3, 0.4) is 0 Å². The summed E-state index contributed by atoms with van der Waals surface area (Å²) in [5.74, 6) is 0.102. The summed E-state index contributed by atoms with van der Waals surface area (Å²) in [4.78, 5) is 8.73. The minimum Gasteiger partial charge on any atom is -0.303 e. The lowest BCUT2D eigenvalue weighted by Crippen LogP contribution is -2.09. The topological polar surface area (TPSA) is 64.3 Å². The van der Waals surface area contributed by atoms with E-state index in [2.05, 4.69) is 9.97 Å². The van der Waals surface area contributed by atoms with E-state index in [1.54, 1.807) is 0 Å². The van der Waals surface area contributed by atoms with Gasteiger partial charge in [0.25, 0.3) is 0 Å². The summed E-state index contributed by atoms with van der Waals surface area (Å²) >= 11 is 0. The zero-order valence-corrected chi connectivity index (χ0v) is 13.0. The lowest BCUT2D eigenvalue weighted by molar-refractivity contribution is 0.600. The number of rotatable bonds is 3. The highest BCUT2D eigenvalue weighted by atomic mass is 32.2. The van der Waals surface area contributed by atoms with Crippen molar-refractivity contribution in [1.82, 2.24) is 14.4 Å². The van der Waals surface area contributed by atoms with E-state index < -0.39 is 9.84 Å². The van der Waals surface area contributed by atoms with Crippen LogP contribution in [-0.4, -0.2) is 34.8 Å². The van der Waals surface area contributed by atoms with Gasteiger partial charge in [0, 0.05) is 25.1 Å². The lowest BCUT2D eigenvalue weighted by Gasteiger charge is -2.04. The summed E-state index contributed by atoms with van der Waals surface area (Å²) < 4.78 is 24.2. The van der Waals surface area contributed by atoms with Gasteiger partial charge < -0.3 is 4.40 Å². The van der Waals surface area contributed by atoms with Crippen LogP contribution in [0.2, 0.25) is 0 Å². The molecule has 0 aliphatic heterocycles. The predicted octanol–water partition coefficient (Wildman–Crippen LogP) is 1.96. The molecule has 6 heteroatoms. The summed E-state index contributed by atoms with van der Waals surface area (Å²) in [5.41, 5.74) is 3.25. The molecule has 0 bridgehead atoms. The third-order valence-corrected chi connectivity index (χ3v) is 3.40. The number of nitrogens with zero attached hydrogens (tertiary/aromatic N) is 3. The van der Waals surface area contributed by atoms with Crippen LogP contribution in [0.15, 0.2) is 12.4 Å². The van der Waals surface area contributed by atoms with Gasteiger partial charge in [0.2, 0.25) is 0 Å². The Morgan fingerprint density at radius 3 is 2.16 bits per heavy atom. The molecular weight excluding hydrogens is 262 g/mol. The predicted molar refractivity (Wildman–Crippen MR) is 77.2 cm³/mol. The molecule has 0 saturated heterocycles. The molecule has 0 atom stereocenters. The summed E-state index contributed by atoms with van der Waals surface area (Å²) in [6.45, 7) is 7.79. The molecule has 19 heavy (non-hydrogen) atoms. The van der Waals surface area contributed by atoms with Gasteiger partial charge in [0.15, 0.2) is 5.65 Å². The largest absolute Gasteiger partial charge is 0.303 e. The second-order valence-corrected chi connectivity index (χ2v) is 6.58. The number of hydrogen-bond acceptors (Lipinski definition) is 4. The van der Waals surface area contributed by atoms with Gasteiger partial charge in [0.05, 0.1) is 22.8 Å². The van der Waals surface area contributed by atoms with Gasteiger partial charge in [-0.15, -0.1) is 0 Å². The van der Waals surface area contributed by atoms with Crippen LogP contribution in [0.1, 0.15) is 30.9 Å². The smallest absolute Gasteiger partial charge is 0.158 e. The Morgan fingerprint density at radius 1 is 1.11 bits per heavy atom. The molecule has 0 aromatic carbocycles. The fourth-order valence-corrected chi connectivity index (χ4v) is 2.33. The van der Waals surface area contributed by atoms with Gasteiger partial charge in [0.1, 0.15) is 9.84 Å². The van der Waals surface area contributed by atoms with Crippen molar-refractivity contribution in [2.75, 3.05) is 12.0 Å². The summed E-state index contributed by atoms with van der Waals surface area (Å²) in [7, 11) is -2.97. The molecule has 0 saturated carbocycles. The lowest BCUT2D eigenvalue weighted by atomic mass is 10.3. The van der Waals surface area contributed by atoms with E-state index in [-0.39, 0.29) is 5.75 Å². The zero-order chi connectivity index (χ0) is 14.6. The second kappa shape index (κ2) is 6.14. The first-order chi connectivity index (χ1) is 8.85. The summed E-state index contributed by atoms with van der Waals surface area (Å²) in [6, 6.07) is 0. The standard InChI is InChI=1S/C11H15N3O2S.C2H6/c1-8-6-14-7-9(2)13-11(14)10(12-8)4-5-17(3,15)16;1-2/h6-7H,4-5H2,1-3H3;1-2H3. The Bertz CT molecular complexity index is 660. The average Bonchev–Trinajstić information content (AvgIpc) is 2.68. The van der Waals surface area contributed by atoms with Crippen molar-refractivity contribution in [1.29, 1.82) is 0 Å². The van der Waals surface area contributed by atoms with Crippen LogP contribution in [0, 0.1) is 13.8 Å². The molecule has 0 aliphatic carbocycles. The van der Waals surface area contributed by atoms with Crippen molar-refractivity contribution in [3.05, 3.63) is 29.5 Å². The van der Waals surface area contributed by atoms with Crippen molar-refractivity contribution < 1.29 is 8.42 Å². The Hall–Kier alpha value is -1.43. The van der Waals surface area contributed by atoms with Crippen molar-refractivity contribution in [2.24, 2.45) is 0 Å². The summed E-state index contributed by atoms with van der Waals surface area (Å²) in [6.07, 6.45) is 5.44. The highest BCUT2D eigenvalue weighted by Gasteiger charge is 2.10. The molecule has 0 unspecified atom stereocenters. The minimum absolute atomic E-state index is 0.102. The third kappa shape index (κ3) is 4.31. The van der Waals surface area contributed by atoms with Crippen molar-refractivity contribution in [2.45, 2.75) is 34.1 Å². The van der Waals surface area contributed by atoms with Gasteiger partial charge in [-0.3, -0.25) is 4.98 Å². The molecular formula is C13H21N3O2S. The maximum absolute atomic E-state index is 11.2. The van der Waals surface area contributed by atoms with Crippen molar-refractivity contribution in [3.8, 4) is 0 Å². The van der Waals surface area contributed by atoms with Crippen LogP contribution in [0.5, 0.6) is 0 Å². The van der Waals surface area contributed by atoms with E-state index >= 15 is 0 Å². The van der Waals surface area contributed by atoms with Crippen LogP contribution in [0.4, 0.5) is 0 Å². The Labute approximate surface area is 114 Å². The van der Waals surface area contributed by atoms with E-state index in [0.29, 0.717) is 6.42 Å². The number of aryl methyl sites for hydroxylation is 3. The number of aromatic nitrogens is 3. The molecule has 0 amide bonds. The molecule has 5 nitrogen and oxygen atoms in total. The highest BCUT2D eigenvalue weighted by Crippen LogP contribution is 2.11. The van der Waals surface area contributed by atoms with E-state index in [0.717, 1.165) is 22.7 Å². The fraction of sp³-hybridized carbons (Fsp3) is 0.538. The Balaban J connectivity index is 0.000000861. The number of imidazole rings is 1. The first-order valence-corrected chi connectivity index (χ1v) is 8.41. The van der Waals surface area contributed by atoms with Gasteiger partial charge in [-0.25, -0.2) is 13.4 Å². The fourth-order valence-electron chi connectivity index (χ4n) is 1.77. The van der Waals surface area contributed by atoms with E-state index in [1.807, 2.05) is 44.5 Å². The molecule has 0 N–H and O–H groups in total. The van der Waals surface area contributed by atoms with E-state index in [9.17, 15) is 8.42 Å². The Morgan fingerprint density at radius 2 is 1.63 bits per heavy atom. The first-order valence-electron chi connectivity index (χ1n) is 6.35. The molecule has 2 aromatic rings. The normalized spacial score (nSPS) is 11.2. The van der Waals surface area contributed by atoms with Gasteiger partial charge >= 0.3 is 0 Å². The molecule has 0 radical (unpaired) electrons. The quantitative estimate of drug-likeness (QED) is 0.863. The van der Waals surface area contributed by atoms with E-state index in [1.165, 1.54) is 6.26 Å². The van der Waals surface area contributed by atoms with Crippen molar-refractivity contribution >= 4 is 15.5 Å². The van der Waals surface area contributed by atoms with Gasteiger partial charge in [-0.2, -0.15) is 0 Å². The molecule has 2 aromatic heterocycles. The third-order valence-electron chi connectivity index (χ3n) is 2.46. The Kier molecular flexibility index (Phi) is 5.05. The number of fused-ring (bicyclic) bond motifs is 1. The average molecular weight is 283 g/mol. The minimum atomic E-state index is -2.97. The monoisotopic (exact) mass is 283 g/mol. The van der Waals surface area contributed by atoms with Crippen LogP contribution in [0.25, 0.3) is 5.65 Å². The molecule has 106 valence electrons. The van der Waals surface area contributed by atoms with Gasteiger partial charge in [-0.05, 0) is 13.8 Å². The number of sulfone groups is 1. The zero-order valence-electron chi connectivity index (χ0n) is 12.1. The maximum atomic E-state index is 11.2. The van der Waals surface area contributed by atoms with Crippen molar-refractivity contribution in [3.63, 3.8) is 0 Å². The molecule has 0 aliphatic rings. The molecule has 0 spiro atoms. The van der Waals surface area contributed by atoms with Crippen LogP contribution >= 0.6 is 0 Å². The van der Waals surface area contributed by atoms with Crippen LogP contribution < -0.4 is 0 Å². The highest BCUT2D eigenvalue weighted by molar-refractivity contribution is 7.90. The molecule has 2 heterocycles. The SMILES string of the molecule is CC.Cc1cn2cc(C)nc2c(CCS(C)(=O)=O)n1. The molecule has 2 rings (SSSR count). The summed E-state index contributed by atoms with van der Waals surface area (Å²) in [5, 5.41) is 0. The second-order valence-electron chi connectivity index (χ2n) is 4.32. The molecule has 0 fully saturated rings. The number of hydrogen-bond donors (Lipinski definition) is 0. The van der Waals surface area contributed by atoms with Gasteiger partial charge in [-0.1, -0.05) is 13.8 Å². The first kappa shape index (κ1) is 15.6. The van der Waals surface area contributed by atoms with Crippen LogP contribution in [-0.2, 0) is 16.3 Å².